The van der Waals surface area contributed by atoms with E-state index in [1.807, 2.05) is 75.9 Å². The van der Waals surface area contributed by atoms with Gasteiger partial charge in [0.1, 0.15) is 11.6 Å². The van der Waals surface area contributed by atoms with Crippen LogP contribution in [0.2, 0.25) is 0 Å². The molecule has 0 heterocycles. The molecule has 0 fully saturated rings. The maximum Gasteiger partial charge on any atom is 0.263 e. The highest BCUT2D eigenvalue weighted by atomic mass is 16.1. The van der Waals surface area contributed by atoms with Crippen LogP contribution in [-0.4, -0.2) is 22.4 Å². The minimum Gasteiger partial charge on any atom is -0.369 e. The molecule has 0 atom stereocenters. The molecule has 0 aliphatic rings. The highest BCUT2D eigenvalue weighted by Gasteiger charge is 2.18. The lowest BCUT2D eigenvalue weighted by Gasteiger charge is -2.26. The number of carbonyl (C=O) groups excluding carboxylic acids is 1. The molecule has 4 nitrogen and oxygen atoms in total. The van der Waals surface area contributed by atoms with Gasteiger partial charge in [-0.3, -0.25) is 4.79 Å². The number of rotatable bonds is 5. The Kier molecular flexibility index (Phi) is 6.18. The van der Waals surface area contributed by atoms with Gasteiger partial charge in [-0.1, -0.05) is 30.3 Å². The molecule has 1 aromatic carbocycles. The number of amides is 1. The number of carbonyl (C=O) groups is 1. The number of hydrogen-bond acceptors (Lipinski definition) is 3. The van der Waals surface area contributed by atoms with Crippen molar-refractivity contribution in [3.63, 3.8) is 0 Å². The van der Waals surface area contributed by atoms with Crippen LogP contribution in [0.15, 0.2) is 42.1 Å². The maximum absolute atomic E-state index is 12.2. The summed E-state index contributed by atoms with van der Waals surface area (Å²) in [6.07, 6.45) is 1.65. The lowest BCUT2D eigenvalue weighted by Crippen LogP contribution is -2.41. The van der Waals surface area contributed by atoms with Gasteiger partial charge in [0.25, 0.3) is 5.91 Å². The highest BCUT2D eigenvalue weighted by molar-refractivity contribution is 5.97. The summed E-state index contributed by atoms with van der Waals surface area (Å²) in [7, 11) is 0. The van der Waals surface area contributed by atoms with Crippen molar-refractivity contribution in [2.45, 2.75) is 52.7 Å². The summed E-state index contributed by atoms with van der Waals surface area (Å²) in [5.41, 5.74) is 0.898. The summed E-state index contributed by atoms with van der Waals surface area (Å²) >= 11 is 0. The van der Waals surface area contributed by atoms with E-state index in [0.717, 1.165) is 5.56 Å². The summed E-state index contributed by atoms with van der Waals surface area (Å²) in [5, 5.41) is 12.1. The molecule has 1 N–H and O–H groups in total. The van der Waals surface area contributed by atoms with Gasteiger partial charge in [0.05, 0.1) is 0 Å². The van der Waals surface area contributed by atoms with Crippen molar-refractivity contribution in [2.24, 2.45) is 0 Å². The van der Waals surface area contributed by atoms with Crippen molar-refractivity contribution in [2.75, 3.05) is 0 Å². The molecule has 4 heteroatoms. The molecule has 1 amide bonds. The van der Waals surface area contributed by atoms with Crippen molar-refractivity contribution < 1.29 is 4.79 Å². The number of nitriles is 1. The van der Waals surface area contributed by atoms with Gasteiger partial charge in [0.2, 0.25) is 0 Å². The van der Waals surface area contributed by atoms with E-state index in [1.165, 1.54) is 0 Å². The van der Waals surface area contributed by atoms with Gasteiger partial charge in [-0.15, -0.1) is 0 Å². The molecule has 0 saturated heterocycles. The summed E-state index contributed by atoms with van der Waals surface area (Å²) < 4.78 is 0. The quantitative estimate of drug-likeness (QED) is 0.671. The van der Waals surface area contributed by atoms with E-state index in [0.29, 0.717) is 6.54 Å². The Morgan fingerprint density at radius 2 is 1.91 bits per heavy atom. The molecular weight excluding hydrogens is 274 g/mol. The van der Waals surface area contributed by atoms with E-state index in [-0.39, 0.29) is 23.1 Å². The number of hydrogen-bond donors (Lipinski definition) is 1. The van der Waals surface area contributed by atoms with E-state index >= 15 is 0 Å². The topological polar surface area (TPSA) is 56.1 Å². The van der Waals surface area contributed by atoms with Crippen LogP contribution in [0.1, 0.15) is 40.2 Å². The highest BCUT2D eigenvalue weighted by Crippen LogP contribution is 2.11. The van der Waals surface area contributed by atoms with Crippen LogP contribution in [0, 0.1) is 11.3 Å². The molecule has 22 heavy (non-hydrogen) atoms. The molecule has 118 valence electrons. The van der Waals surface area contributed by atoms with Crippen LogP contribution >= 0.6 is 0 Å². The molecule has 0 spiro atoms. The normalized spacial score (nSPS) is 12.0. The van der Waals surface area contributed by atoms with Gasteiger partial charge in [-0.05, 0) is 40.2 Å². The van der Waals surface area contributed by atoms with Gasteiger partial charge < -0.3 is 10.2 Å². The summed E-state index contributed by atoms with van der Waals surface area (Å²) in [4.78, 5) is 14.2. The van der Waals surface area contributed by atoms with E-state index < -0.39 is 0 Å². The van der Waals surface area contributed by atoms with Crippen LogP contribution in [0.25, 0.3) is 0 Å². The molecule has 0 saturated carbocycles. The Balaban J connectivity index is 2.95. The Morgan fingerprint density at radius 3 is 2.36 bits per heavy atom. The van der Waals surface area contributed by atoms with Gasteiger partial charge in [0.15, 0.2) is 0 Å². The van der Waals surface area contributed by atoms with Crippen molar-refractivity contribution in [1.82, 2.24) is 10.2 Å². The number of benzene rings is 1. The lowest BCUT2D eigenvalue weighted by molar-refractivity contribution is -0.118. The third-order valence-electron chi connectivity index (χ3n) is 3.02. The lowest BCUT2D eigenvalue weighted by atomic mass is 10.1. The van der Waals surface area contributed by atoms with Gasteiger partial charge in [0, 0.05) is 24.3 Å². The van der Waals surface area contributed by atoms with Crippen LogP contribution in [-0.2, 0) is 11.3 Å². The second-order valence-electron chi connectivity index (χ2n) is 6.61. The Labute approximate surface area is 133 Å². The number of nitrogens with zero attached hydrogens (tertiary/aromatic N) is 2. The molecule has 0 unspecified atom stereocenters. The summed E-state index contributed by atoms with van der Waals surface area (Å²) in [6.45, 7) is 10.4. The molecular formula is C18H25N3O. The second-order valence-corrected chi connectivity index (χ2v) is 6.61. The standard InChI is InChI=1S/C18H25N3O/c1-14(2)21(12-15-9-7-6-8-10-15)13-16(11-19)17(22)20-18(3,4)5/h6-10,13-14H,12H2,1-5H3,(H,20,22)/b16-13-. The fourth-order valence-electron chi connectivity index (χ4n) is 1.88. The Hall–Kier alpha value is -2.28. The summed E-state index contributed by atoms with van der Waals surface area (Å²) in [5.74, 6) is -0.339. The minimum atomic E-state index is -0.366. The zero-order chi connectivity index (χ0) is 16.8. The molecule has 1 aromatic rings. The number of nitrogens with one attached hydrogen (secondary N) is 1. The smallest absolute Gasteiger partial charge is 0.263 e. The van der Waals surface area contributed by atoms with Crippen molar-refractivity contribution in [3.05, 3.63) is 47.7 Å². The Morgan fingerprint density at radius 1 is 1.32 bits per heavy atom. The molecule has 1 rings (SSSR count). The van der Waals surface area contributed by atoms with Gasteiger partial charge >= 0.3 is 0 Å². The first-order valence-corrected chi connectivity index (χ1v) is 7.47. The average Bonchev–Trinajstić information content (AvgIpc) is 2.42. The van der Waals surface area contributed by atoms with Crippen LogP contribution in [0.3, 0.4) is 0 Å². The third kappa shape index (κ3) is 6.01. The van der Waals surface area contributed by atoms with E-state index in [1.54, 1.807) is 6.20 Å². The average molecular weight is 299 g/mol. The zero-order valence-corrected chi connectivity index (χ0v) is 14.1. The van der Waals surface area contributed by atoms with Gasteiger partial charge in [-0.25, -0.2) is 0 Å². The maximum atomic E-state index is 12.2. The summed E-state index contributed by atoms with van der Waals surface area (Å²) in [6, 6.07) is 12.2. The fraction of sp³-hybridized carbons (Fsp3) is 0.444. The van der Waals surface area contributed by atoms with Gasteiger partial charge in [-0.2, -0.15) is 5.26 Å². The van der Waals surface area contributed by atoms with Crippen molar-refractivity contribution in [3.8, 4) is 6.07 Å². The fourth-order valence-corrected chi connectivity index (χ4v) is 1.88. The van der Waals surface area contributed by atoms with Crippen LogP contribution < -0.4 is 5.32 Å². The monoisotopic (exact) mass is 299 g/mol. The predicted molar refractivity (Wildman–Crippen MR) is 88.7 cm³/mol. The van der Waals surface area contributed by atoms with E-state index in [2.05, 4.69) is 5.32 Å². The molecule has 0 bridgehead atoms. The Bertz CT molecular complexity index is 562. The third-order valence-corrected chi connectivity index (χ3v) is 3.02. The van der Waals surface area contributed by atoms with Crippen LogP contribution in [0.4, 0.5) is 0 Å². The van der Waals surface area contributed by atoms with Crippen molar-refractivity contribution in [1.29, 1.82) is 5.26 Å². The molecule has 0 aromatic heterocycles. The van der Waals surface area contributed by atoms with E-state index in [4.69, 9.17) is 0 Å². The minimum absolute atomic E-state index is 0.125. The largest absolute Gasteiger partial charge is 0.369 e. The predicted octanol–water partition coefficient (Wildman–Crippen LogP) is 3.22. The van der Waals surface area contributed by atoms with E-state index in [9.17, 15) is 10.1 Å². The molecule has 0 radical (unpaired) electrons. The van der Waals surface area contributed by atoms with Crippen LogP contribution in [0.5, 0.6) is 0 Å². The molecule has 0 aliphatic heterocycles. The first-order chi connectivity index (χ1) is 10.2. The first kappa shape index (κ1) is 17.8. The zero-order valence-electron chi connectivity index (χ0n) is 14.1. The SMILES string of the molecule is CC(C)N(/C=C(/C#N)C(=O)NC(C)(C)C)Cc1ccccc1. The first-order valence-electron chi connectivity index (χ1n) is 7.47. The van der Waals surface area contributed by atoms with Crippen molar-refractivity contribution >= 4 is 5.91 Å². The second kappa shape index (κ2) is 7.65. The molecule has 0 aliphatic carbocycles.